The van der Waals surface area contributed by atoms with Gasteiger partial charge in [0.2, 0.25) is 11.8 Å². The molecule has 2 atom stereocenters. The van der Waals surface area contributed by atoms with Crippen LogP contribution in [0.2, 0.25) is 5.02 Å². The fourth-order valence-electron chi connectivity index (χ4n) is 6.31. The van der Waals surface area contributed by atoms with Crippen LogP contribution < -0.4 is 4.90 Å². The Kier molecular flexibility index (Phi) is 4.82. The van der Waals surface area contributed by atoms with E-state index in [0.717, 1.165) is 4.90 Å². The van der Waals surface area contributed by atoms with Crippen molar-refractivity contribution in [3.8, 4) is 0 Å². The predicted molar refractivity (Wildman–Crippen MR) is 129 cm³/mol. The summed E-state index contributed by atoms with van der Waals surface area (Å²) in [6, 6.07) is 18.2. The summed E-state index contributed by atoms with van der Waals surface area (Å²) in [6.07, 6.45) is 0. The average Bonchev–Trinajstić information content (AvgIpc) is 3.15. The Morgan fingerprint density at radius 2 is 1.64 bits per heavy atom. The van der Waals surface area contributed by atoms with Gasteiger partial charge in [-0.25, -0.2) is 9.69 Å². The van der Waals surface area contributed by atoms with Crippen molar-refractivity contribution in [3.05, 3.63) is 110 Å². The molecule has 2 amide bonds. The number of hydrogen-bond acceptors (Lipinski definition) is 6. The largest absolute Gasteiger partial charge is 0.462 e. The Balaban J connectivity index is 1.58. The predicted octanol–water partition coefficient (Wildman–Crippen LogP) is 4.30. The van der Waals surface area contributed by atoms with E-state index in [1.807, 2.05) is 0 Å². The Morgan fingerprint density at radius 1 is 1.03 bits per heavy atom. The molecular weight excluding hydrogens is 484 g/mol. The zero-order chi connectivity index (χ0) is 25.4. The fourth-order valence-corrected chi connectivity index (χ4v) is 6.51. The number of halogens is 1. The summed E-state index contributed by atoms with van der Waals surface area (Å²) in [5.41, 5.74) is 0.450. The van der Waals surface area contributed by atoms with E-state index in [1.165, 1.54) is 18.2 Å². The van der Waals surface area contributed by atoms with Gasteiger partial charge in [-0.05, 0) is 36.2 Å². The van der Waals surface area contributed by atoms with Crippen LogP contribution in [0.4, 0.5) is 5.69 Å². The molecule has 3 aliphatic carbocycles. The number of benzene rings is 3. The molecule has 0 aromatic heterocycles. The Labute approximate surface area is 210 Å². The molecule has 1 saturated heterocycles. The van der Waals surface area contributed by atoms with Crippen LogP contribution in [0.15, 0.2) is 66.7 Å². The molecule has 0 N–H and O–H groups in total. The highest BCUT2D eigenvalue weighted by atomic mass is 35.5. The quantitative estimate of drug-likeness (QED) is 0.228. The Hall–Kier alpha value is -4.04. The van der Waals surface area contributed by atoms with Crippen molar-refractivity contribution < 1.29 is 24.0 Å². The molecule has 36 heavy (non-hydrogen) atoms. The maximum atomic E-state index is 14.0. The van der Waals surface area contributed by atoms with Gasteiger partial charge in [0.1, 0.15) is 5.92 Å². The number of anilines is 1. The standard InChI is InChI=1S/C27H19ClN2O6/c1-2-36-26(33)17-13-14(11-12-20(17)28)29-24(31)22-21-15-7-3-5-9-18(15)27(30(34)35,23(22)25(29)32)19-10-6-4-8-16(19)21/h3-13,21-23H,2H2,1H3/t21?,22-,23-,27?/m1/s1. The molecule has 0 spiro atoms. The van der Waals surface area contributed by atoms with Crippen LogP contribution in [0.25, 0.3) is 0 Å². The number of hydrogen-bond donors (Lipinski definition) is 0. The maximum Gasteiger partial charge on any atom is 0.339 e. The summed E-state index contributed by atoms with van der Waals surface area (Å²) in [5, 5.41) is 13.1. The third-order valence-electron chi connectivity index (χ3n) is 7.56. The van der Waals surface area contributed by atoms with E-state index in [9.17, 15) is 24.5 Å². The van der Waals surface area contributed by atoms with Crippen LogP contribution in [0.3, 0.4) is 0 Å². The van der Waals surface area contributed by atoms with Gasteiger partial charge in [-0.15, -0.1) is 0 Å². The maximum absolute atomic E-state index is 14.0. The summed E-state index contributed by atoms with van der Waals surface area (Å²) in [5.74, 6) is -4.62. The number of imide groups is 1. The van der Waals surface area contributed by atoms with Crippen LogP contribution in [-0.2, 0) is 19.9 Å². The molecule has 1 fully saturated rings. The van der Waals surface area contributed by atoms with Crippen LogP contribution in [0.5, 0.6) is 0 Å². The van der Waals surface area contributed by atoms with E-state index in [2.05, 4.69) is 0 Å². The van der Waals surface area contributed by atoms with Crippen LogP contribution in [0, 0.1) is 22.0 Å². The van der Waals surface area contributed by atoms with Gasteiger partial charge in [-0.1, -0.05) is 60.1 Å². The van der Waals surface area contributed by atoms with Gasteiger partial charge in [0.05, 0.1) is 28.8 Å². The van der Waals surface area contributed by atoms with Crippen molar-refractivity contribution in [1.29, 1.82) is 0 Å². The monoisotopic (exact) mass is 502 g/mol. The molecule has 4 aliphatic rings. The summed E-state index contributed by atoms with van der Waals surface area (Å²) in [7, 11) is 0. The van der Waals surface area contributed by atoms with Crippen LogP contribution in [0.1, 0.15) is 45.5 Å². The zero-order valence-electron chi connectivity index (χ0n) is 19.0. The lowest BCUT2D eigenvalue weighted by molar-refractivity contribution is -0.578. The van der Waals surface area contributed by atoms with Crippen molar-refractivity contribution in [2.24, 2.45) is 11.8 Å². The highest BCUT2D eigenvalue weighted by molar-refractivity contribution is 6.34. The van der Waals surface area contributed by atoms with Gasteiger partial charge < -0.3 is 4.74 Å². The summed E-state index contributed by atoms with van der Waals surface area (Å²) >= 11 is 6.19. The number of amides is 2. The molecule has 3 aromatic carbocycles. The molecule has 1 aliphatic heterocycles. The molecule has 2 bridgehead atoms. The highest BCUT2D eigenvalue weighted by Crippen LogP contribution is 2.64. The lowest BCUT2D eigenvalue weighted by atomic mass is 9.51. The molecule has 8 nitrogen and oxygen atoms in total. The molecule has 180 valence electrons. The second-order valence-electron chi connectivity index (χ2n) is 9.08. The van der Waals surface area contributed by atoms with E-state index in [4.69, 9.17) is 16.3 Å². The van der Waals surface area contributed by atoms with E-state index >= 15 is 0 Å². The Morgan fingerprint density at radius 3 is 2.22 bits per heavy atom. The van der Waals surface area contributed by atoms with Crippen molar-refractivity contribution in [1.82, 2.24) is 0 Å². The number of carbonyl (C=O) groups excluding carboxylic acids is 3. The molecule has 3 aromatic rings. The first-order valence-electron chi connectivity index (χ1n) is 11.5. The SMILES string of the molecule is CCOC(=O)c1cc(N2C(=O)[C@@H]3C4c5ccccc5C([N+](=O)[O-])(c5ccccc54)[C@H]3C2=O)ccc1Cl. The lowest BCUT2D eigenvalue weighted by Crippen LogP contribution is -2.57. The fraction of sp³-hybridized carbons (Fsp3) is 0.222. The summed E-state index contributed by atoms with van der Waals surface area (Å²) in [6.45, 7) is 1.77. The third-order valence-corrected chi connectivity index (χ3v) is 7.89. The van der Waals surface area contributed by atoms with E-state index in [1.54, 1.807) is 55.5 Å². The molecular formula is C27H19ClN2O6. The van der Waals surface area contributed by atoms with Gasteiger partial charge in [-0.2, -0.15) is 0 Å². The van der Waals surface area contributed by atoms with E-state index in [0.29, 0.717) is 22.3 Å². The van der Waals surface area contributed by atoms with Crippen molar-refractivity contribution in [2.75, 3.05) is 11.5 Å². The third kappa shape index (κ3) is 2.62. The van der Waals surface area contributed by atoms with Gasteiger partial charge in [0.25, 0.3) is 5.54 Å². The molecule has 1 heterocycles. The normalized spacial score (nSPS) is 25.3. The van der Waals surface area contributed by atoms with Crippen molar-refractivity contribution in [2.45, 2.75) is 18.4 Å². The van der Waals surface area contributed by atoms with Gasteiger partial charge >= 0.3 is 5.97 Å². The Bertz CT molecular complexity index is 1450. The van der Waals surface area contributed by atoms with E-state index < -0.39 is 46.0 Å². The minimum Gasteiger partial charge on any atom is -0.462 e. The summed E-state index contributed by atoms with van der Waals surface area (Å²) in [4.78, 5) is 53.9. The number of rotatable bonds is 4. The molecule has 9 heteroatoms. The lowest BCUT2D eigenvalue weighted by Gasteiger charge is -2.48. The molecule has 7 rings (SSSR count). The first-order valence-corrected chi connectivity index (χ1v) is 11.9. The molecule has 0 unspecified atom stereocenters. The number of ether oxygens (including phenoxy) is 1. The second-order valence-corrected chi connectivity index (χ2v) is 9.48. The number of nitrogens with zero attached hydrogens (tertiary/aromatic N) is 2. The highest BCUT2D eigenvalue weighted by Gasteiger charge is 2.74. The average molecular weight is 503 g/mol. The topological polar surface area (TPSA) is 107 Å². The van der Waals surface area contributed by atoms with E-state index in [-0.39, 0.29) is 22.9 Å². The minimum atomic E-state index is -1.91. The second kappa shape index (κ2) is 7.73. The van der Waals surface area contributed by atoms with Gasteiger partial charge in [-0.3, -0.25) is 19.7 Å². The number of esters is 1. The molecule has 0 saturated carbocycles. The van der Waals surface area contributed by atoms with Crippen molar-refractivity contribution in [3.63, 3.8) is 0 Å². The zero-order valence-corrected chi connectivity index (χ0v) is 19.8. The number of nitro groups is 1. The molecule has 0 radical (unpaired) electrons. The van der Waals surface area contributed by atoms with Crippen LogP contribution >= 0.6 is 11.6 Å². The number of carbonyl (C=O) groups is 3. The van der Waals surface area contributed by atoms with Crippen LogP contribution in [-0.4, -0.2) is 29.3 Å². The minimum absolute atomic E-state index is 0.00465. The van der Waals surface area contributed by atoms with Crippen molar-refractivity contribution >= 4 is 35.1 Å². The first-order chi connectivity index (χ1) is 17.3. The smallest absolute Gasteiger partial charge is 0.339 e. The first kappa shape index (κ1) is 22.4. The summed E-state index contributed by atoms with van der Waals surface area (Å²) < 4.78 is 5.05. The van der Waals surface area contributed by atoms with Gasteiger partial charge in [0, 0.05) is 22.0 Å². The van der Waals surface area contributed by atoms with Gasteiger partial charge in [0.15, 0.2) is 0 Å².